The second kappa shape index (κ2) is 8.11. The molecule has 0 saturated heterocycles. The number of rotatable bonds is 5. The zero-order valence-electron chi connectivity index (χ0n) is 11.9. The van der Waals surface area contributed by atoms with Crippen molar-refractivity contribution < 1.29 is 17.5 Å². The second-order valence-electron chi connectivity index (χ2n) is 4.35. The van der Waals surface area contributed by atoms with E-state index in [-0.39, 0.29) is 13.2 Å². The molecule has 120 valence electrons. The van der Waals surface area contributed by atoms with E-state index in [1.165, 1.54) is 18.2 Å². The van der Waals surface area contributed by atoms with E-state index in [0.717, 1.165) is 10.5 Å². The highest BCUT2D eigenvalue weighted by atomic mass is 79.9. The largest absolute Gasteiger partial charge is 0.481 e. The van der Waals surface area contributed by atoms with Gasteiger partial charge in [-0.3, -0.25) is 0 Å². The number of hydrogen-bond donors (Lipinski definition) is 1. The molecule has 0 amide bonds. The van der Waals surface area contributed by atoms with E-state index in [1.54, 1.807) is 12.1 Å². The van der Waals surface area contributed by atoms with E-state index in [1.807, 2.05) is 12.1 Å². The molecule has 0 aliphatic heterocycles. The van der Waals surface area contributed by atoms with Crippen LogP contribution in [0.25, 0.3) is 0 Å². The minimum absolute atomic E-state index is 0.123. The molecule has 0 aromatic heterocycles. The van der Waals surface area contributed by atoms with Gasteiger partial charge in [0.05, 0.1) is 6.54 Å². The van der Waals surface area contributed by atoms with Crippen LogP contribution in [0.3, 0.4) is 0 Å². The van der Waals surface area contributed by atoms with Gasteiger partial charge in [0.25, 0.3) is 0 Å². The van der Waals surface area contributed by atoms with Crippen LogP contribution in [0.15, 0.2) is 57.9 Å². The zero-order chi connectivity index (χ0) is 16.7. The Bertz CT molecular complexity index is 844. The molecule has 4 nitrogen and oxygen atoms in total. The quantitative estimate of drug-likeness (QED) is 0.789. The Morgan fingerprint density at radius 1 is 1.13 bits per heavy atom. The van der Waals surface area contributed by atoms with Crippen LogP contribution in [0.1, 0.15) is 0 Å². The van der Waals surface area contributed by atoms with E-state index < -0.39 is 20.7 Å². The molecule has 0 aliphatic carbocycles. The first kappa shape index (κ1) is 17.5. The number of sulfonamides is 1. The Morgan fingerprint density at radius 2 is 1.91 bits per heavy atom. The van der Waals surface area contributed by atoms with Crippen molar-refractivity contribution in [2.45, 2.75) is 4.90 Å². The van der Waals surface area contributed by atoms with E-state index in [0.29, 0.717) is 5.75 Å². The average molecular weight is 398 g/mol. The molecule has 0 unspecified atom stereocenters. The number of nitrogens with one attached hydrogen (secondary N) is 1. The van der Waals surface area contributed by atoms with Crippen LogP contribution in [-0.4, -0.2) is 21.6 Å². The van der Waals surface area contributed by atoms with Crippen LogP contribution in [0, 0.1) is 17.7 Å². The lowest BCUT2D eigenvalue weighted by molar-refractivity contribution is 0.370. The number of benzene rings is 2. The summed E-state index contributed by atoms with van der Waals surface area (Å²) in [7, 11) is -3.91. The molecule has 0 aliphatic rings. The van der Waals surface area contributed by atoms with Crippen molar-refractivity contribution in [1.29, 1.82) is 0 Å². The van der Waals surface area contributed by atoms with Crippen LogP contribution in [0.2, 0.25) is 0 Å². The van der Waals surface area contributed by atoms with Gasteiger partial charge in [-0.25, -0.2) is 12.8 Å². The third-order valence-electron chi connectivity index (χ3n) is 2.71. The molecule has 0 bridgehead atoms. The van der Waals surface area contributed by atoms with Gasteiger partial charge < -0.3 is 4.74 Å². The number of hydrogen-bond acceptors (Lipinski definition) is 3. The van der Waals surface area contributed by atoms with Gasteiger partial charge in [-0.1, -0.05) is 46.0 Å². The second-order valence-corrected chi connectivity index (χ2v) is 7.01. The van der Waals surface area contributed by atoms with Crippen molar-refractivity contribution in [1.82, 2.24) is 4.72 Å². The molecular formula is C16H13BrFNO3S. The van der Waals surface area contributed by atoms with Crippen LogP contribution in [0.5, 0.6) is 5.75 Å². The monoisotopic (exact) mass is 397 g/mol. The fraction of sp³-hybridized carbons (Fsp3) is 0.125. The highest BCUT2D eigenvalue weighted by Crippen LogP contribution is 2.17. The molecule has 0 heterocycles. The minimum atomic E-state index is -3.91. The zero-order valence-corrected chi connectivity index (χ0v) is 14.3. The first-order valence-corrected chi connectivity index (χ1v) is 8.85. The van der Waals surface area contributed by atoms with Crippen LogP contribution < -0.4 is 9.46 Å². The lowest BCUT2D eigenvalue weighted by Crippen LogP contribution is -2.25. The number of halogens is 2. The van der Waals surface area contributed by atoms with Gasteiger partial charge >= 0.3 is 0 Å². The molecule has 0 saturated carbocycles. The fourth-order valence-electron chi connectivity index (χ4n) is 1.66. The Balaban J connectivity index is 1.85. The summed E-state index contributed by atoms with van der Waals surface area (Å²) < 4.78 is 45.7. The first-order valence-electron chi connectivity index (χ1n) is 6.57. The predicted molar refractivity (Wildman–Crippen MR) is 89.0 cm³/mol. The molecule has 7 heteroatoms. The lowest BCUT2D eigenvalue weighted by atomic mass is 10.3. The maximum atomic E-state index is 13.5. The number of ether oxygens (including phenoxy) is 1. The highest BCUT2D eigenvalue weighted by Gasteiger charge is 2.16. The SMILES string of the molecule is O=S(=O)(NCC#CCOc1cccc(Br)c1)c1ccccc1F. The summed E-state index contributed by atoms with van der Waals surface area (Å²) >= 11 is 3.32. The summed E-state index contributed by atoms with van der Waals surface area (Å²) in [5.41, 5.74) is 0. The Morgan fingerprint density at radius 3 is 2.65 bits per heavy atom. The van der Waals surface area contributed by atoms with E-state index in [2.05, 4.69) is 32.5 Å². The molecule has 0 atom stereocenters. The van der Waals surface area contributed by atoms with Crippen molar-refractivity contribution in [2.24, 2.45) is 0 Å². The minimum Gasteiger partial charge on any atom is -0.481 e. The summed E-state index contributed by atoms with van der Waals surface area (Å²) in [5, 5.41) is 0. The molecule has 0 spiro atoms. The third kappa shape index (κ3) is 5.36. The lowest BCUT2D eigenvalue weighted by Gasteiger charge is -2.04. The predicted octanol–water partition coefficient (Wildman–Crippen LogP) is 2.95. The van der Waals surface area contributed by atoms with Crippen molar-refractivity contribution in [3.63, 3.8) is 0 Å². The summed E-state index contributed by atoms with van der Waals surface area (Å²) in [6, 6.07) is 12.4. The van der Waals surface area contributed by atoms with Crippen molar-refractivity contribution in [3.8, 4) is 17.6 Å². The molecular weight excluding hydrogens is 385 g/mol. The van der Waals surface area contributed by atoms with Gasteiger partial charge in [-0.15, -0.1) is 0 Å². The van der Waals surface area contributed by atoms with Crippen LogP contribution >= 0.6 is 15.9 Å². The van der Waals surface area contributed by atoms with E-state index >= 15 is 0 Å². The highest BCUT2D eigenvalue weighted by molar-refractivity contribution is 9.10. The van der Waals surface area contributed by atoms with Crippen LogP contribution in [-0.2, 0) is 10.0 Å². The van der Waals surface area contributed by atoms with Gasteiger partial charge in [-0.2, -0.15) is 4.72 Å². The van der Waals surface area contributed by atoms with Crippen molar-refractivity contribution >= 4 is 26.0 Å². The smallest absolute Gasteiger partial charge is 0.244 e. The average Bonchev–Trinajstić information content (AvgIpc) is 2.51. The fourth-order valence-corrected chi connectivity index (χ4v) is 3.04. The molecule has 2 aromatic carbocycles. The summed E-state index contributed by atoms with van der Waals surface area (Å²) in [5.74, 6) is 5.15. The molecule has 0 fully saturated rings. The standard InChI is InChI=1S/C16H13BrFNO3S/c17-13-6-5-7-14(12-13)22-11-4-3-10-19-23(20,21)16-9-2-1-8-15(16)18/h1-2,5-9,12,19H,10-11H2. The summed E-state index contributed by atoms with van der Waals surface area (Å²) in [6.45, 7) is -0.00358. The van der Waals surface area contributed by atoms with E-state index in [9.17, 15) is 12.8 Å². The molecule has 2 aromatic rings. The van der Waals surface area contributed by atoms with E-state index in [4.69, 9.17) is 4.74 Å². The van der Waals surface area contributed by atoms with Crippen LogP contribution in [0.4, 0.5) is 4.39 Å². The Labute approximate surface area is 142 Å². The Kier molecular flexibility index (Phi) is 6.16. The van der Waals surface area contributed by atoms with Gasteiger partial charge in [-0.05, 0) is 30.3 Å². The topological polar surface area (TPSA) is 55.4 Å². The maximum Gasteiger partial charge on any atom is 0.244 e. The Hall–Kier alpha value is -1.88. The van der Waals surface area contributed by atoms with Crippen molar-refractivity contribution in [2.75, 3.05) is 13.2 Å². The first-order chi connectivity index (χ1) is 11.0. The molecule has 2 rings (SSSR count). The van der Waals surface area contributed by atoms with Crippen molar-refractivity contribution in [3.05, 3.63) is 58.8 Å². The van der Waals surface area contributed by atoms with Gasteiger partial charge in [0.1, 0.15) is 23.1 Å². The third-order valence-corrected chi connectivity index (χ3v) is 4.64. The maximum absolute atomic E-state index is 13.5. The molecule has 23 heavy (non-hydrogen) atoms. The molecule has 0 radical (unpaired) electrons. The summed E-state index contributed by atoms with van der Waals surface area (Å²) in [6.07, 6.45) is 0. The van der Waals surface area contributed by atoms with Gasteiger partial charge in [0.15, 0.2) is 0 Å². The summed E-state index contributed by atoms with van der Waals surface area (Å²) in [4.78, 5) is -0.396. The molecule has 1 N–H and O–H groups in total. The van der Waals surface area contributed by atoms with Gasteiger partial charge in [0, 0.05) is 4.47 Å². The van der Waals surface area contributed by atoms with Gasteiger partial charge in [0.2, 0.25) is 10.0 Å². The normalized spacial score (nSPS) is 10.7.